The Morgan fingerprint density at radius 3 is 2.77 bits per heavy atom. The molecule has 1 aromatic carbocycles. The van der Waals surface area contributed by atoms with Crippen LogP contribution in [-0.4, -0.2) is 57.2 Å². The molecule has 0 saturated heterocycles. The predicted molar refractivity (Wildman–Crippen MR) is 158 cm³/mol. The Balaban J connectivity index is 1.55. The molecule has 0 aliphatic carbocycles. The van der Waals surface area contributed by atoms with Gasteiger partial charge in [0.1, 0.15) is 17.0 Å². The highest BCUT2D eigenvalue weighted by atomic mass is 19.1. The van der Waals surface area contributed by atoms with Gasteiger partial charge in [0, 0.05) is 41.6 Å². The van der Waals surface area contributed by atoms with Crippen molar-refractivity contribution in [1.29, 1.82) is 0 Å². The molecule has 0 unspecified atom stereocenters. The van der Waals surface area contributed by atoms with Crippen LogP contribution in [0.5, 0.6) is 0 Å². The topological polar surface area (TPSA) is 112 Å². The third kappa shape index (κ3) is 5.44. The summed E-state index contributed by atoms with van der Waals surface area (Å²) < 4.78 is 14.6. The summed E-state index contributed by atoms with van der Waals surface area (Å²) >= 11 is 0. The van der Waals surface area contributed by atoms with Gasteiger partial charge in [-0.15, -0.1) is 0 Å². The van der Waals surface area contributed by atoms with E-state index in [1.807, 2.05) is 57.4 Å². The molecule has 5 aromatic rings. The Bertz CT molecular complexity index is 1720. The van der Waals surface area contributed by atoms with E-state index >= 15 is 0 Å². The van der Waals surface area contributed by atoms with Crippen molar-refractivity contribution in [2.45, 2.75) is 6.92 Å². The number of nitrogens with one attached hydrogen (secondary N) is 3. The van der Waals surface area contributed by atoms with E-state index in [1.54, 1.807) is 18.5 Å². The first-order valence-corrected chi connectivity index (χ1v) is 12.6. The van der Waals surface area contributed by atoms with Gasteiger partial charge in [-0.1, -0.05) is 12.7 Å². The van der Waals surface area contributed by atoms with Crippen molar-refractivity contribution in [1.82, 2.24) is 30.0 Å². The van der Waals surface area contributed by atoms with Crippen molar-refractivity contribution < 1.29 is 4.39 Å². The second-order valence-corrected chi connectivity index (χ2v) is 9.55. The number of halogens is 1. The first-order valence-electron chi connectivity index (χ1n) is 12.6. The summed E-state index contributed by atoms with van der Waals surface area (Å²) in [5.41, 5.74) is 14.3. The Kier molecular flexibility index (Phi) is 7.25. The Hall–Kier alpha value is -4.76. The van der Waals surface area contributed by atoms with Crippen LogP contribution in [-0.2, 0) is 0 Å². The van der Waals surface area contributed by atoms with Gasteiger partial charge >= 0.3 is 0 Å². The van der Waals surface area contributed by atoms with Crippen LogP contribution in [0.1, 0.15) is 12.6 Å². The first-order chi connectivity index (χ1) is 18.9. The van der Waals surface area contributed by atoms with Crippen molar-refractivity contribution in [3.63, 3.8) is 0 Å². The number of likely N-dealkylation sites (N-methyl/N-ethyl adjacent to an activating group) is 1. The van der Waals surface area contributed by atoms with Gasteiger partial charge in [0.05, 0.1) is 28.6 Å². The van der Waals surface area contributed by atoms with Gasteiger partial charge in [-0.2, -0.15) is 5.10 Å². The van der Waals surface area contributed by atoms with Crippen LogP contribution in [0.15, 0.2) is 79.3 Å². The van der Waals surface area contributed by atoms with Crippen LogP contribution in [0.4, 0.5) is 10.1 Å². The average molecular weight is 523 g/mol. The molecule has 5 N–H and O–H groups in total. The summed E-state index contributed by atoms with van der Waals surface area (Å²) in [6, 6.07) is 10.9. The summed E-state index contributed by atoms with van der Waals surface area (Å²) in [5, 5.41) is 11.8. The van der Waals surface area contributed by atoms with Crippen LogP contribution in [0.2, 0.25) is 0 Å². The maximum Gasteiger partial charge on any atom is 0.135 e. The summed E-state index contributed by atoms with van der Waals surface area (Å²) in [7, 11) is 4.01. The summed E-state index contributed by atoms with van der Waals surface area (Å²) in [5.74, 6) is -0.312. The van der Waals surface area contributed by atoms with Gasteiger partial charge < -0.3 is 20.9 Å². The smallest absolute Gasteiger partial charge is 0.135 e. The molecule has 0 spiro atoms. The minimum Gasteiger partial charge on any atom is -0.399 e. The molecule has 39 heavy (non-hydrogen) atoms. The number of nitrogens with two attached hydrogens (primary N) is 1. The van der Waals surface area contributed by atoms with Crippen molar-refractivity contribution >= 4 is 33.2 Å². The number of rotatable bonds is 9. The number of nitrogens with zero attached hydrogens (tertiary/aromatic N) is 4. The number of H-pyrrole nitrogens is 2. The van der Waals surface area contributed by atoms with Crippen molar-refractivity contribution in [2.75, 3.05) is 32.5 Å². The molecular weight excluding hydrogens is 491 g/mol. The molecule has 0 atom stereocenters. The molecule has 0 aliphatic rings. The number of benzene rings is 1. The Morgan fingerprint density at radius 2 is 2.00 bits per heavy atom. The lowest BCUT2D eigenvalue weighted by Crippen LogP contribution is -2.20. The summed E-state index contributed by atoms with van der Waals surface area (Å²) in [6.07, 6.45) is 8.90. The molecule has 0 aliphatic heterocycles. The molecule has 4 heterocycles. The lowest BCUT2D eigenvalue weighted by atomic mass is 10.0. The van der Waals surface area contributed by atoms with E-state index in [-0.39, 0.29) is 5.82 Å². The number of pyridine rings is 2. The zero-order valence-corrected chi connectivity index (χ0v) is 22.2. The SMILES string of the molecule is C=C/C(N)=C\C(=C/C)c1ccc2[nH]nc(-c3cc4c(-c5cc(F)cc(NCCN(C)C)c5)cncc4[nH]3)c2n1. The Morgan fingerprint density at radius 1 is 1.15 bits per heavy atom. The molecule has 198 valence electrons. The van der Waals surface area contributed by atoms with Crippen LogP contribution >= 0.6 is 0 Å². The summed E-state index contributed by atoms with van der Waals surface area (Å²) in [4.78, 5) is 14.8. The minimum absolute atomic E-state index is 0.312. The van der Waals surface area contributed by atoms with E-state index in [2.05, 4.69) is 37.0 Å². The van der Waals surface area contributed by atoms with Crippen LogP contribution in [0, 0.1) is 5.82 Å². The minimum atomic E-state index is -0.312. The van der Waals surface area contributed by atoms with E-state index in [1.165, 1.54) is 12.1 Å². The maximum absolute atomic E-state index is 14.6. The highest BCUT2D eigenvalue weighted by molar-refractivity contribution is 6.00. The second kappa shape index (κ2) is 10.9. The molecule has 0 amide bonds. The van der Waals surface area contributed by atoms with Gasteiger partial charge in [0.25, 0.3) is 0 Å². The van der Waals surface area contributed by atoms with Gasteiger partial charge in [-0.3, -0.25) is 10.1 Å². The lowest BCUT2D eigenvalue weighted by molar-refractivity contribution is 0.425. The van der Waals surface area contributed by atoms with Crippen LogP contribution in [0.25, 0.3) is 50.0 Å². The summed E-state index contributed by atoms with van der Waals surface area (Å²) in [6.45, 7) is 7.21. The van der Waals surface area contributed by atoms with Gasteiger partial charge in [0.2, 0.25) is 0 Å². The number of hydrogen-bond acceptors (Lipinski definition) is 6. The number of hydrogen-bond donors (Lipinski definition) is 4. The molecule has 0 radical (unpaired) electrons. The second-order valence-electron chi connectivity index (χ2n) is 9.55. The van der Waals surface area contributed by atoms with Gasteiger partial charge in [-0.25, -0.2) is 9.37 Å². The number of anilines is 1. The number of fused-ring (bicyclic) bond motifs is 2. The monoisotopic (exact) mass is 522 g/mol. The highest BCUT2D eigenvalue weighted by Crippen LogP contribution is 2.34. The standard InChI is InChI=1S/C30H31FN8/c1-5-18(12-21(32)6-2)25-7-8-26-29(36-25)30(38-37-26)27-15-23-24(16-33-17-28(23)35-27)19-11-20(31)14-22(13-19)34-9-10-39(3)4/h5-8,11-17,34-35H,2,9-10,32H2,1,3-4H3,(H,37,38)/b18-5+,21-12+. The highest BCUT2D eigenvalue weighted by Gasteiger charge is 2.16. The van der Waals surface area contributed by atoms with Crippen LogP contribution < -0.4 is 11.1 Å². The fraction of sp³-hybridized carbons (Fsp3) is 0.167. The third-order valence-electron chi connectivity index (χ3n) is 6.47. The fourth-order valence-corrected chi connectivity index (χ4v) is 4.47. The van der Waals surface area contributed by atoms with Gasteiger partial charge in [-0.05, 0) is 80.7 Å². The zero-order chi connectivity index (χ0) is 27.5. The molecule has 8 nitrogen and oxygen atoms in total. The van der Waals surface area contributed by atoms with E-state index in [4.69, 9.17) is 10.7 Å². The maximum atomic E-state index is 14.6. The number of aromatic amines is 2. The zero-order valence-electron chi connectivity index (χ0n) is 22.2. The van der Waals surface area contributed by atoms with E-state index in [0.717, 1.165) is 62.3 Å². The molecule has 4 aromatic heterocycles. The third-order valence-corrected chi connectivity index (χ3v) is 6.47. The Labute approximate surface area is 226 Å². The molecule has 0 bridgehead atoms. The normalized spacial score (nSPS) is 12.5. The van der Waals surface area contributed by atoms with Gasteiger partial charge in [0.15, 0.2) is 0 Å². The van der Waals surface area contributed by atoms with E-state index in [0.29, 0.717) is 17.9 Å². The molecule has 5 rings (SSSR count). The van der Waals surface area contributed by atoms with Crippen molar-refractivity contribution in [3.05, 3.63) is 90.8 Å². The van der Waals surface area contributed by atoms with Crippen LogP contribution in [0.3, 0.4) is 0 Å². The number of allylic oxidation sites excluding steroid dienone is 4. The van der Waals surface area contributed by atoms with E-state index in [9.17, 15) is 4.39 Å². The molecule has 0 fully saturated rings. The van der Waals surface area contributed by atoms with E-state index < -0.39 is 0 Å². The fourth-order valence-electron chi connectivity index (χ4n) is 4.47. The largest absolute Gasteiger partial charge is 0.399 e. The molecular formula is C30H31FN8. The predicted octanol–water partition coefficient (Wildman–Crippen LogP) is 5.71. The average Bonchev–Trinajstić information content (AvgIpc) is 3.54. The first kappa shape index (κ1) is 25.9. The molecule has 9 heteroatoms. The molecule has 0 saturated carbocycles. The lowest BCUT2D eigenvalue weighted by Gasteiger charge is -2.13. The quantitative estimate of drug-likeness (QED) is 0.185. The van der Waals surface area contributed by atoms with Crippen molar-refractivity contribution in [3.8, 4) is 22.5 Å². The number of aromatic nitrogens is 5. The van der Waals surface area contributed by atoms with Crippen molar-refractivity contribution in [2.24, 2.45) is 5.73 Å².